The van der Waals surface area contributed by atoms with Crippen molar-refractivity contribution in [3.63, 3.8) is 0 Å². The number of benzene rings is 1. The average Bonchev–Trinajstić information content (AvgIpc) is 2.71. The van der Waals surface area contributed by atoms with Gasteiger partial charge in [0.25, 0.3) is 0 Å². The molecule has 0 spiro atoms. The molecule has 1 aromatic rings. The Morgan fingerprint density at radius 2 is 1.41 bits per heavy atom. The minimum absolute atomic E-state index is 0.0778. The maximum Gasteiger partial charge on any atom is 0.494 e. The van der Waals surface area contributed by atoms with Crippen LogP contribution >= 0.6 is 0 Å². The maximum atomic E-state index is 6.11. The molecule has 0 bridgehead atoms. The van der Waals surface area contributed by atoms with Crippen molar-refractivity contribution < 1.29 is 9.31 Å². The molecular formula is C18H30BNO2. The summed E-state index contributed by atoms with van der Waals surface area (Å²) in [6.07, 6.45) is 2.10. The van der Waals surface area contributed by atoms with E-state index in [2.05, 4.69) is 65.8 Å². The van der Waals surface area contributed by atoms with Crippen LogP contribution in [-0.4, -0.2) is 24.9 Å². The van der Waals surface area contributed by atoms with Crippen molar-refractivity contribution in [2.75, 3.05) is 6.54 Å². The molecule has 1 aromatic carbocycles. The maximum absolute atomic E-state index is 6.11. The van der Waals surface area contributed by atoms with Crippen LogP contribution in [0.4, 0.5) is 0 Å². The fourth-order valence-electron chi connectivity index (χ4n) is 3.04. The summed E-state index contributed by atoms with van der Waals surface area (Å²) in [6.45, 7) is 13.4. The summed E-state index contributed by atoms with van der Waals surface area (Å²) < 4.78 is 12.2. The highest BCUT2D eigenvalue weighted by Gasteiger charge is 2.51. The highest BCUT2D eigenvalue weighted by Crippen LogP contribution is 2.36. The van der Waals surface area contributed by atoms with Crippen molar-refractivity contribution in [2.24, 2.45) is 5.73 Å². The van der Waals surface area contributed by atoms with Crippen molar-refractivity contribution in [3.8, 4) is 0 Å². The first kappa shape index (κ1) is 17.5. The monoisotopic (exact) mass is 303 g/mol. The number of hydrogen-bond acceptors (Lipinski definition) is 3. The number of rotatable bonds is 5. The largest absolute Gasteiger partial charge is 0.494 e. The molecule has 0 radical (unpaired) electrons. The normalized spacial score (nSPS) is 20.4. The molecule has 0 saturated carbocycles. The molecule has 1 aliphatic rings. The van der Waals surface area contributed by atoms with E-state index >= 15 is 0 Å². The van der Waals surface area contributed by atoms with Crippen molar-refractivity contribution in [1.29, 1.82) is 0 Å². The lowest BCUT2D eigenvalue weighted by molar-refractivity contribution is 0.00578. The summed E-state index contributed by atoms with van der Waals surface area (Å²) in [5.41, 5.74) is 7.89. The second-order valence-corrected chi connectivity index (χ2v) is 7.40. The van der Waals surface area contributed by atoms with Gasteiger partial charge >= 0.3 is 7.12 Å². The van der Waals surface area contributed by atoms with Gasteiger partial charge in [0.1, 0.15) is 0 Å². The third-order valence-electron chi connectivity index (χ3n) is 5.79. The van der Waals surface area contributed by atoms with Gasteiger partial charge in [-0.3, -0.25) is 0 Å². The first-order valence-corrected chi connectivity index (χ1v) is 8.37. The summed E-state index contributed by atoms with van der Waals surface area (Å²) in [6, 6.07) is 8.60. The van der Waals surface area contributed by atoms with Gasteiger partial charge in [-0.05, 0) is 51.6 Å². The van der Waals surface area contributed by atoms with Gasteiger partial charge in [0.2, 0.25) is 0 Å². The zero-order chi connectivity index (χ0) is 16.6. The van der Waals surface area contributed by atoms with E-state index in [0.717, 1.165) is 18.3 Å². The SMILES string of the molecule is CCC(CC)(CN)c1ccc(B2OC(C)(C)C(C)(C)O2)cc1. The zero-order valence-electron chi connectivity index (χ0n) is 14.9. The zero-order valence-corrected chi connectivity index (χ0v) is 14.9. The standard InChI is InChI=1S/C18H30BNO2/c1-7-18(8-2,13-20)14-9-11-15(12-10-14)19-21-16(3,4)17(5,6)22-19/h9-12H,7-8,13,20H2,1-6H3. The quantitative estimate of drug-likeness (QED) is 0.851. The van der Waals surface area contributed by atoms with Gasteiger partial charge < -0.3 is 15.0 Å². The molecule has 0 unspecified atom stereocenters. The van der Waals surface area contributed by atoms with Gasteiger partial charge in [0.05, 0.1) is 11.2 Å². The van der Waals surface area contributed by atoms with Crippen LogP contribution < -0.4 is 11.2 Å². The molecule has 2 N–H and O–H groups in total. The Balaban J connectivity index is 2.24. The summed E-state index contributed by atoms with van der Waals surface area (Å²) in [7, 11) is -0.297. The average molecular weight is 303 g/mol. The molecule has 0 amide bonds. The summed E-state index contributed by atoms with van der Waals surface area (Å²) in [5, 5.41) is 0. The molecule has 2 rings (SSSR count). The highest BCUT2D eigenvalue weighted by atomic mass is 16.7. The summed E-state index contributed by atoms with van der Waals surface area (Å²) in [5.74, 6) is 0. The molecule has 1 fully saturated rings. The lowest BCUT2D eigenvalue weighted by Crippen LogP contribution is -2.41. The minimum Gasteiger partial charge on any atom is -0.399 e. The fourth-order valence-corrected chi connectivity index (χ4v) is 3.04. The van der Waals surface area contributed by atoms with Gasteiger partial charge in [-0.2, -0.15) is 0 Å². The second kappa shape index (κ2) is 5.99. The van der Waals surface area contributed by atoms with Crippen LogP contribution in [0.15, 0.2) is 24.3 Å². The van der Waals surface area contributed by atoms with Crippen LogP contribution in [0.3, 0.4) is 0 Å². The first-order valence-electron chi connectivity index (χ1n) is 8.37. The van der Waals surface area contributed by atoms with E-state index in [1.165, 1.54) is 5.56 Å². The first-order chi connectivity index (χ1) is 10.2. The predicted octanol–water partition coefficient (Wildman–Crippen LogP) is 3.00. The highest BCUT2D eigenvalue weighted by molar-refractivity contribution is 6.62. The van der Waals surface area contributed by atoms with Crippen LogP contribution in [0.2, 0.25) is 0 Å². The van der Waals surface area contributed by atoms with Gasteiger partial charge in [-0.15, -0.1) is 0 Å². The Hall–Kier alpha value is -0.835. The molecule has 0 aromatic heterocycles. The van der Waals surface area contributed by atoms with E-state index in [1.807, 2.05) is 0 Å². The second-order valence-electron chi connectivity index (χ2n) is 7.40. The topological polar surface area (TPSA) is 44.5 Å². The Kier molecular flexibility index (Phi) is 4.77. The molecule has 1 aliphatic heterocycles. The fraction of sp³-hybridized carbons (Fsp3) is 0.667. The molecule has 1 heterocycles. The lowest BCUT2D eigenvalue weighted by atomic mass is 9.73. The molecular weight excluding hydrogens is 273 g/mol. The van der Waals surface area contributed by atoms with Gasteiger partial charge in [0.15, 0.2) is 0 Å². The Labute approximate surface area is 135 Å². The van der Waals surface area contributed by atoms with E-state index in [-0.39, 0.29) is 23.7 Å². The molecule has 122 valence electrons. The van der Waals surface area contributed by atoms with E-state index in [4.69, 9.17) is 15.0 Å². The van der Waals surface area contributed by atoms with Gasteiger partial charge in [-0.1, -0.05) is 38.1 Å². The van der Waals surface area contributed by atoms with E-state index in [1.54, 1.807) is 0 Å². The predicted molar refractivity (Wildman–Crippen MR) is 93.5 cm³/mol. The third-order valence-corrected chi connectivity index (χ3v) is 5.79. The number of hydrogen-bond donors (Lipinski definition) is 1. The molecule has 1 saturated heterocycles. The molecule has 4 heteroatoms. The number of nitrogens with two attached hydrogens (primary N) is 1. The van der Waals surface area contributed by atoms with Gasteiger partial charge in [-0.25, -0.2) is 0 Å². The van der Waals surface area contributed by atoms with Crippen LogP contribution in [0.5, 0.6) is 0 Å². The minimum atomic E-state index is -0.301. The van der Waals surface area contributed by atoms with Crippen LogP contribution in [-0.2, 0) is 14.7 Å². The van der Waals surface area contributed by atoms with Crippen molar-refractivity contribution >= 4 is 12.6 Å². The van der Waals surface area contributed by atoms with E-state index < -0.39 is 0 Å². The third kappa shape index (κ3) is 2.84. The lowest BCUT2D eigenvalue weighted by Gasteiger charge is -2.32. The van der Waals surface area contributed by atoms with E-state index in [0.29, 0.717) is 6.54 Å². The Morgan fingerprint density at radius 1 is 0.955 bits per heavy atom. The summed E-state index contributed by atoms with van der Waals surface area (Å²) in [4.78, 5) is 0. The van der Waals surface area contributed by atoms with Crippen molar-refractivity contribution in [1.82, 2.24) is 0 Å². The Morgan fingerprint density at radius 3 is 1.77 bits per heavy atom. The van der Waals surface area contributed by atoms with Crippen LogP contribution in [0, 0.1) is 0 Å². The smallest absolute Gasteiger partial charge is 0.399 e. The molecule has 0 atom stereocenters. The van der Waals surface area contributed by atoms with Crippen molar-refractivity contribution in [2.45, 2.75) is 71.0 Å². The van der Waals surface area contributed by atoms with Crippen molar-refractivity contribution in [3.05, 3.63) is 29.8 Å². The van der Waals surface area contributed by atoms with Crippen LogP contribution in [0.1, 0.15) is 59.9 Å². The van der Waals surface area contributed by atoms with Gasteiger partial charge in [0, 0.05) is 12.0 Å². The molecule has 22 heavy (non-hydrogen) atoms. The molecule has 3 nitrogen and oxygen atoms in total. The van der Waals surface area contributed by atoms with Crippen LogP contribution in [0.25, 0.3) is 0 Å². The summed E-state index contributed by atoms with van der Waals surface area (Å²) >= 11 is 0. The Bertz CT molecular complexity index is 482. The molecule has 0 aliphatic carbocycles. The van der Waals surface area contributed by atoms with E-state index in [9.17, 15) is 0 Å².